The van der Waals surface area contributed by atoms with Crippen molar-refractivity contribution in [1.82, 2.24) is 4.90 Å². The van der Waals surface area contributed by atoms with Gasteiger partial charge in [-0.1, -0.05) is 27.0 Å². The van der Waals surface area contributed by atoms with Crippen LogP contribution >= 0.6 is 18.2 Å². The van der Waals surface area contributed by atoms with Gasteiger partial charge in [0.1, 0.15) is 13.2 Å². The lowest BCUT2D eigenvalue weighted by atomic mass is 10.4. The number of ether oxygens (including phenoxy) is 2. The van der Waals surface area contributed by atoms with Crippen LogP contribution in [0.15, 0.2) is 24.3 Å². The van der Waals surface area contributed by atoms with E-state index in [9.17, 15) is 14.2 Å². The molecule has 0 amide bonds. The number of carbonyl (C=O) groups is 2. The Morgan fingerprint density at radius 1 is 0.867 bits per heavy atom. The maximum atomic E-state index is 12.1. The van der Waals surface area contributed by atoms with Crippen LogP contribution in [0, 0.1) is 0 Å². The molecule has 0 aliphatic carbocycles. The van der Waals surface area contributed by atoms with E-state index >= 15 is 0 Å². The molecule has 30 heavy (non-hydrogen) atoms. The van der Waals surface area contributed by atoms with E-state index in [1.54, 1.807) is 13.8 Å². The van der Waals surface area contributed by atoms with E-state index in [2.05, 4.69) is 41.4 Å². The molecule has 10 heteroatoms. The van der Waals surface area contributed by atoms with Gasteiger partial charge in [0.25, 0.3) is 0 Å². The molecule has 0 aliphatic heterocycles. The van der Waals surface area contributed by atoms with E-state index < -0.39 is 18.7 Å². The minimum atomic E-state index is -2.91. The molecule has 0 aromatic carbocycles. The summed E-state index contributed by atoms with van der Waals surface area (Å²) in [6.45, 7) is 18.8. The third kappa shape index (κ3) is 16.7. The Morgan fingerprint density at radius 2 is 1.27 bits per heavy atom. The maximum absolute atomic E-state index is 12.1. The third-order valence-electron chi connectivity index (χ3n) is 3.37. The summed E-state index contributed by atoms with van der Waals surface area (Å²) in [5.41, 5.74) is 0.632. The van der Waals surface area contributed by atoms with Crippen molar-refractivity contribution < 1.29 is 32.7 Å². The fraction of sp³-hybridized carbons (Fsp3) is 0.700. The molecule has 0 fully saturated rings. The number of hydrogen-bond acceptors (Lipinski definition) is 9. The summed E-state index contributed by atoms with van der Waals surface area (Å²) < 4.78 is 31.8. The van der Waals surface area contributed by atoms with E-state index in [0.29, 0.717) is 24.4 Å². The van der Waals surface area contributed by atoms with Crippen LogP contribution in [0.2, 0.25) is 0 Å². The second-order valence-corrected chi connectivity index (χ2v) is 10.2. The molecule has 0 rings (SSSR count). The number of carbonyl (C=O) groups excluding carboxylic acids is 2. The van der Waals surface area contributed by atoms with Gasteiger partial charge < -0.3 is 23.4 Å². The summed E-state index contributed by atoms with van der Waals surface area (Å²) in [6, 6.07) is 0. The highest BCUT2D eigenvalue weighted by Crippen LogP contribution is 2.60. The zero-order valence-corrected chi connectivity index (χ0v) is 20.9. The highest BCUT2D eigenvalue weighted by atomic mass is 32.7. The molecule has 176 valence electrons. The van der Waals surface area contributed by atoms with Crippen LogP contribution < -0.4 is 0 Å². The molecular weight excluding hydrogens is 429 g/mol. The minimum absolute atomic E-state index is 0.0325. The zero-order chi connectivity index (χ0) is 23.6. The van der Waals surface area contributed by atoms with Gasteiger partial charge in [0.05, 0.1) is 13.2 Å². The number of rotatable bonds is 15. The molecule has 0 aromatic heterocycles. The van der Waals surface area contributed by atoms with Gasteiger partial charge in [-0.3, -0.25) is 0 Å². The zero-order valence-electron chi connectivity index (χ0n) is 19.2. The summed E-state index contributed by atoms with van der Waals surface area (Å²) in [7, 11) is 0. The highest BCUT2D eigenvalue weighted by molar-refractivity contribution is 8.55. The third-order valence-corrected chi connectivity index (χ3v) is 7.33. The molecule has 0 N–H and O–H groups in total. The SMILES string of the molecule is C=C(C)C(=O)OCCOC(=O)C(=C)C.CCOP(=O)(OCC)SCCN(CC)CC. The van der Waals surface area contributed by atoms with Gasteiger partial charge in [-0.05, 0) is 52.2 Å². The first kappa shape index (κ1) is 31.1. The van der Waals surface area contributed by atoms with Gasteiger partial charge in [-0.15, -0.1) is 0 Å². The Labute approximate surface area is 185 Å². The summed E-state index contributed by atoms with van der Waals surface area (Å²) in [6.07, 6.45) is 0. The molecule has 8 nitrogen and oxygen atoms in total. The number of hydrogen-bond donors (Lipinski definition) is 0. The molecule has 0 saturated heterocycles. The number of nitrogens with zero attached hydrogens (tertiary/aromatic N) is 1. The summed E-state index contributed by atoms with van der Waals surface area (Å²) in [4.78, 5) is 24.0. The van der Waals surface area contributed by atoms with Crippen molar-refractivity contribution in [2.75, 3.05) is 51.8 Å². The van der Waals surface area contributed by atoms with E-state index in [4.69, 9.17) is 9.05 Å². The van der Waals surface area contributed by atoms with Crippen LogP contribution in [0.5, 0.6) is 0 Å². The minimum Gasteiger partial charge on any atom is -0.459 e. The molecule has 0 aliphatic rings. The van der Waals surface area contributed by atoms with Gasteiger partial charge in [-0.2, -0.15) is 0 Å². The second kappa shape index (κ2) is 18.6. The standard InChI is InChI=1S/C10H24NO3PS.C10H14O4/c1-5-11(6-2)9-10-16-15(12,13-7-3)14-8-4;1-7(2)9(11)13-5-6-14-10(12)8(3)4/h5-10H2,1-4H3;1,3,5-6H2,2,4H3. The van der Waals surface area contributed by atoms with E-state index in [1.165, 1.54) is 11.4 Å². The van der Waals surface area contributed by atoms with Crippen molar-refractivity contribution in [3.63, 3.8) is 0 Å². The predicted molar refractivity (Wildman–Crippen MR) is 123 cm³/mol. The topological polar surface area (TPSA) is 91.4 Å². The first-order valence-corrected chi connectivity index (χ1v) is 13.1. The van der Waals surface area contributed by atoms with Gasteiger partial charge in [-0.25, -0.2) is 14.2 Å². The fourth-order valence-corrected chi connectivity index (χ4v) is 5.18. The van der Waals surface area contributed by atoms with Crippen LogP contribution in [0.4, 0.5) is 0 Å². The van der Waals surface area contributed by atoms with Gasteiger partial charge >= 0.3 is 18.7 Å². The summed E-state index contributed by atoms with van der Waals surface area (Å²) >= 11 is 1.30. The van der Waals surface area contributed by atoms with Crippen molar-refractivity contribution in [3.8, 4) is 0 Å². The lowest BCUT2D eigenvalue weighted by Crippen LogP contribution is -2.25. The molecule has 0 spiro atoms. The fourth-order valence-electron chi connectivity index (χ4n) is 1.76. The summed E-state index contributed by atoms with van der Waals surface area (Å²) in [5, 5.41) is 0. The average Bonchev–Trinajstić information content (AvgIpc) is 2.69. The normalized spacial score (nSPS) is 10.8. The molecule has 0 saturated carbocycles. The van der Waals surface area contributed by atoms with E-state index in [0.717, 1.165) is 25.4 Å². The Bertz CT molecular complexity index is 542. The quantitative estimate of drug-likeness (QED) is 0.150. The smallest absolute Gasteiger partial charge is 0.389 e. The second-order valence-electron chi connectivity index (χ2n) is 5.98. The highest BCUT2D eigenvalue weighted by Gasteiger charge is 2.24. The molecular formula is C20H38NO7PS. The molecule has 0 atom stereocenters. The predicted octanol–water partition coefficient (Wildman–Crippen LogP) is 4.47. The van der Waals surface area contributed by atoms with Crippen molar-refractivity contribution >= 4 is 30.1 Å². The molecule has 0 radical (unpaired) electrons. The Balaban J connectivity index is 0. The van der Waals surface area contributed by atoms with Crippen LogP contribution in [0.1, 0.15) is 41.5 Å². The lowest BCUT2D eigenvalue weighted by Gasteiger charge is -2.20. The Hall–Kier alpha value is -1.12. The molecule has 0 unspecified atom stereocenters. The average molecular weight is 468 g/mol. The van der Waals surface area contributed by atoms with Gasteiger partial charge in [0, 0.05) is 23.4 Å². The monoisotopic (exact) mass is 467 g/mol. The van der Waals surface area contributed by atoms with Gasteiger partial charge in [0.2, 0.25) is 0 Å². The number of esters is 2. The van der Waals surface area contributed by atoms with Crippen molar-refractivity contribution in [2.45, 2.75) is 41.5 Å². The van der Waals surface area contributed by atoms with E-state index in [-0.39, 0.29) is 13.2 Å². The first-order valence-electron chi connectivity index (χ1n) is 9.97. The molecule has 0 heterocycles. The Morgan fingerprint density at radius 3 is 1.57 bits per heavy atom. The van der Waals surface area contributed by atoms with Crippen molar-refractivity contribution in [2.24, 2.45) is 0 Å². The largest absolute Gasteiger partial charge is 0.459 e. The summed E-state index contributed by atoms with van der Waals surface area (Å²) in [5.74, 6) is -0.202. The molecule has 0 bridgehead atoms. The van der Waals surface area contributed by atoms with Crippen molar-refractivity contribution in [1.29, 1.82) is 0 Å². The van der Waals surface area contributed by atoms with Gasteiger partial charge in [0.15, 0.2) is 0 Å². The van der Waals surface area contributed by atoms with Crippen LogP contribution in [0.25, 0.3) is 0 Å². The van der Waals surface area contributed by atoms with Crippen molar-refractivity contribution in [3.05, 3.63) is 24.3 Å². The van der Waals surface area contributed by atoms with Crippen LogP contribution in [-0.4, -0.2) is 68.7 Å². The lowest BCUT2D eigenvalue weighted by molar-refractivity contribution is -0.147. The van der Waals surface area contributed by atoms with E-state index in [1.807, 2.05) is 13.8 Å². The molecule has 0 aromatic rings. The maximum Gasteiger partial charge on any atom is 0.389 e. The van der Waals surface area contributed by atoms with Crippen LogP contribution in [0.3, 0.4) is 0 Å². The van der Waals surface area contributed by atoms with Crippen LogP contribution in [-0.2, 0) is 32.7 Å². The Kier molecular flexibility index (Phi) is 19.3. The first-order chi connectivity index (χ1) is 14.1.